The molecule has 0 aliphatic heterocycles. The zero-order valence-electron chi connectivity index (χ0n) is 19.5. The molecule has 2 aromatic heterocycles. The van der Waals surface area contributed by atoms with E-state index in [2.05, 4.69) is 24.8 Å². The van der Waals surface area contributed by atoms with Gasteiger partial charge in [0.1, 0.15) is 22.8 Å². The van der Waals surface area contributed by atoms with Crippen LogP contribution in [0.4, 0.5) is 26.3 Å². The summed E-state index contributed by atoms with van der Waals surface area (Å²) in [5.41, 5.74) is 1.76. The number of nitrogens with one attached hydrogen (secondary N) is 1. The highest BCUT2D eigenvalue weighted by molar-refractivity contribution is 5.76. The summed E-state index contributed by atoms with van der Waals surface area (Å²) in [6, 6.07) is 14.2. The molecule has 0 spiro atoms. The van der Waals surface area contributed by atoms with Crippen LogP contribution in [0.5, 0.6) is 11.5 Å². The third-order valence-corrected chi connectivity index (χ3v) is 5.33. The Hall–Kier alpha value is -4.29. The summed E-state index contributed by atoms with van der Waals surface area (Å²) in [7, 11) is 0. The predicted octanol–water partition coefficient (Wildman–Crippen LogP) is 5.53. The normalized spacial score (nSPS) is 11.9. The lowest BCUT2D eigenvalue weighted by molar-refractivity contribution is -0.275. The van der Waals surface area contributed by atoms with Gasteiger partial charge in [-0.25, -0.2) is 9.97 Å². The molecule has 0 saturated carbocycles. The number of ether oxygens (including phenoxy) is 2. The average molecular weight is 538 g/mol. The second-order valence-corrected chi connectivity index (χ2v) is 8.08. The lowest BCUT2D eigenvalue weighted by atomic mass is 10.2. The van der Waals surface area contributed by atoms with Gasteiger partial charge in [-0.3, -0.25) is 4.79 Å². The smallest absolute Gasteiger partial charge is 0.406 e. The monoisotopic (exact) mass is 538 g/mol. The summed E-state index contributed by atoms with van der Waals surface area (Å²) in [6.45, 7) is 0.0499. The average Bonchev–Trinajstić information content (AvgIpc) is 3.19. The van der Waals surface area contributed by atoms with E-state index in [1.54, 1.807) is 22.8 Å². The third kappa shape index (κ3) is 7.37. The number of para-hydroxylation sites is 1. The van der Waals surface area contributed by atoms with Gasteiger partial charge < -0.3 is 19.4 Å². The van der Waals surface area contributed by atoms with Gasteiger partial charge in [0.05, 0.1) is 6.54 Å². The maximum atomic E-state index is 12.9. The van der Waals surface area contributed by atoms with Crippen LogP contribution in [0.2, 0.25) is 0 Å². The molecule has 0 unspecified atom stereocenters. The predicted molar refractivity (Wildman–Crippen MR) is 123 cm³/mol. The van der Waals surface area contributed by atoms with Crippen molar-refractivity contribution in [2.75, 3.05) is 0 Å². The van der Waals surface area contributed by atoms with Crippen molar-refractivity contribution < 1.29 is 40.6 Å². The summed E-state index contributed by atoms with van der Waals surface area (Å²) in [5, 5.41) is 2.68. The van der Waals surface area contributed by atoms with E-state index in [-0.39, 0.29) is 48.9 Å². The first kappa shape index (κ1) is 26.8. The van der Waals surface area contributed by atoms with Crippen molar-refractivity contribution in [2.24, 2.45) is 0 Å². The number of halogens is 6. The number of amides is 1. The zero-order chi connectivity index (χ0) is 27.3. The third-order valence-electron chi connectivity index (χ3n) is 5.33. The Bertz CT molecular complexity index is 1400. The van der Waals surface area contributed by atoms with Crippen molar-refractivity contribution in [3.8, 4) is 11.5 Å². The van der Waals surface area contributed by atoms with Crippen molar-refractivity contribution >= 4 is 17.1 Å². The number of hydrogen-bond acceptors (Lipinski definition) is 5. The number of hydrogen-bond donors (Lipinski definition) is 1. The van der Waals surface area contributed by atoms with Gasteiger partial charge in [-0.2, -0.15) is 0 Å². The Labute approximate surface area is 212 Å². The van der Waals surface area contributed by atoms with Gasteiger partial charge in [0.2, 0.25) is 5.91 Å². The van der Waals surface area contributed by atoms with Crippen LogP contribution in [0.15, 0.2) is 66.9 Å². The van der Waals surface area contributed by atoms with Crippen LogP contribution in [0.1, 0.15) is 23.4 Å². The number of nitrogens with zero attached hydrogens (tertiary/aromatic N) is 3. The van der Waals surface area contributed by atoms with Crippen LogP contribution in [0.25, 0.3) is 11.2 Å². The van der Waals surface area contributed by atoms with Crippen LogP contribution in [0.3, 0.4) is 0 Å². The number of pyridine rings is 1. The maximum absolute atomic E-state index is 12.9. The number of alkyl halides is 6. The number of aromatic nitrogens is 3. The number of fused-ring (bicyclic) bond motifs is 1. The molecule has 0 radical (unpaired) electrons. The standard InChI is InChI=1S/C25H20F6N4O3/c26-24(27,28)37-18-9-7-16(8-10-18)14-33-22(36)12-11-21-34-19-5-3-13-32-23(19)35(21)15-17-4-1-2-6-20(17)38-25(29,30)31/h1-10,13H,11-12,14-15H2,(H,33,36). The maximum Gasteiger partial charge on any atom is 0.573 e. The highest BCUT2D eigenvalue weighted by Crippen LogP contribution is 2.28. The van der Waals surface area contributed by atoms with Gasteiger partial charge >= 0.3 is 12.7 Å². The van der Waals surface area contributed by atoms with Crippen molar-refractivity contribution in [1.29, 1.82) is 0 Å². The molecule has 0 atom stereocenters. The molecular formula is C25H20F6N4O3. The van der Waals surface area contributed by atoms with Crippen molar-refractivity contribution in [1.82, 2.24) is 19.9 Å². The molecule has 200 valence electrons. The first-order valence-corrected chi connectivity index (χ1v) is 11.2. The summed E-state index contributed by atoms with van der Waals surface area (Å²) in [5.74, 6) is -0.646. The molecule has 13 heteroatoms. The minimum Gasteiger partial charge on any atom is -0.406 e. The van der Waals surface area contributed by atoms with E-state index in [9.17, 15) is 31.1 Å². The molecule has 4 aromatic rings. The molecule has 38 heavy (non-hydrogen) atoms. The lowest BCUT2D eigenvalue weighted by Gasteiger charge is -2.15. The molecule has 4 rings (SSSR count). The van der Waals surface area contributed by atoms with Crippen LogP contribution in [-0.2, 0) is 24.3 Å². The van der Waals surface area contributed by atoms with Gasteiger partial charge in [-0.05, 0) is 35.9 Å². The zero-order valence-corrected chi connectivity index (χ0v) is 19.5. The highest BCUT2D eigenvalue weighted by Gasteiger charge is 2.32. The fraction of sp³-hybridized carbons (Fsp3) is 0.240. The molecule has 1 N–H and O–H groups in total. The van der Waals surface area contributed by atoms with Crippen LogP contribution in [0, 0.1) is 0 Å². The SMILES string of the molecule is O=C(CCc1nc2cccnc2n1Cc1ccccc1OC(F)(F)F)NCc1ccc(OC(F)(F)F)cc1. The van der Waals surface area contributed by atoms with E-state index in [0.717, 1.165) is 12.1 Å². The van der Waals surface area contributed by atoms with Crippen molar-refractivity contribution in [3.63, 3.8) is 0 Å². The molecule has 1 amide bonds. The van der Waals surface area contributed by atoms with Crippen LogP contribution in [-0.4, -0.2) is 33.2 Å². The highest BCUT2D eigenvalue weighted by atomic mass is 19.4. The number of imidazole rings is 1. The minimum atomic E-state index is -4.86. The fourth-order valence-electron chi connectivity index (χ4n) is 3.71. The van der Waals surface area contributed by atoms with Gasteiger partial charge in [-0.15, -0.1) is 26.3 Å². The quantitative estimate of drug-likeness (QED) is 0.284. The fourth-order valence-corrected chi connectivity index (χ4v) is 3.71. The number of aryl methyl sites for hydroxylation is 1. The van der Waals surface area contributed by atoms with Gasteiger partial charge in [0.15, 0.2) is 5.65 Å². The van der Waals surface area contributed by atoms with Gasteiger partial charge in [-0.1, -0.05) is 30.3 Å². The Balaban J connectivity index is 1.43. The van der Waals surface area contributed by atoms with E-state index in [0.29, 0.717) is 22.6 Å². The summed E-state index contributed by atoms with van der Waals surface area (Å²) < 4.78 is 85.1. The summed E-state index contributed by atoms with van der Waals surface area (Å²) >= 11 is 0. The molecule has 0 aliphatic rings. The second kappa shape index (κ2) is 11.0. The van der Waals surface area contributed by atoms with E-state index in [1.807, 2.05) is 0 Å². The second-order valence-electron chi connectivity index (χ2n) is 8.08. The molecule has 0 bridgehead atoms. The van der Waals surface area contributed by atoms with Gasteiger partial charge in [0.25, 0.3) is 0 Å². The van der Waals surface area contributed by atoms with E-state index >= 15 is 0 Å². The lowest BCUT2D eigenvalue weighted by Crippen LogP contribution is -2.23. The molecule has 0 saturated heterocycles. The van der Waals surface area contributed by atoms with Crippen molar-refractivity contribution in [2.45, 2.75) is 38.7 Å². The number of rotatable bonds is 9. The van der Waals surface area contributed by atoms with E-state index in [1.165, 1.54) is 36.5 Å². The summed E-state index contributed by atoms with van der Waals surface area (Å²) in [4.78, 5) is 21.2. The van der Waals surface area contributed by atoms with Crippen LogP contribution < -0.4 is 14.8 Å². The molecule has 0 aliphatic carbocycles. The van der Waals surface area contributed by atoms with E-state index in [4.69, 9.17) is 0 Å². The Morgan fingerprint density at radius 2 is 1.61 bits per heavy atom. The summed E-state index contributed by atoms with van der Waals surface area (Å²) in [6.07, 6.45) is -7.98. The van der Waals surface area contributed by atoms with E-state index < -0.39 is 12.7 Å². The Morgan fingerprint density at radius 3 is 2.32 bits per heavy atom. The molecule has 2 heterocycles. The molecule has 7 nitrogen and oxygen atoms in total. The first-order valence-electron chi connectivity index (χ1n) is 11.2. The van der Waals surface area contributed by atoms with Crippen LogP contribution >= 0.6 is 0 Å². The first-order chi connectivity index (χ1) is 18.0. The largest absolute Gasteiger partial charge is 0.573 e. The number of carbonyl (C=O) groups is 1. The molecular weight excluding hydrogens is 518 g/mol. The minimum absolute atomic E-state index is 0.000706. The molecule has 0 fully saturated rings. The number of benzene rings is 2. The Morgan fingerprint density at radius 1 is 0.895 bits per heavy atom. The van der Waals surface area contributed by atoms with Crippen molar-refractivity contribution in [3.05, 3.63) is 83.8 Å². The number of carbonyl (C=O) groups excluding carboxylic acids is 1. The topological polar surface area (TPSA) is 78.3 Å². The van der Waals surface area contributed by atoms with Gasteiger partial charge in [0, 0.05) is 31.1 Å². The molecule has 2 aromatic carbocycles. The Kier molecular flexibility index (Phi) is 7.74.